The number of rotatable bonds is 4. The second kappa shape index (κ2) is 5.89. The molecule has 2 rings (SSSR count). The lowest BCUT2D eigenvalue weighted by atomic mass is 10.2. The predicted octanol–water partition coefficient (Wildman–Crippen LogP) is 1.40. The highest BCUT2D eigenvalue weighted by Crippen LogP contribution is 2.25. The van der Waals surface area contributed by atoms with Crippen molar-refractivity contribution < 1.29 is 9.47 Å². The van der Waals surface area contributed by atoms with Gasteiger partial charge in [0.2, 0.25) is 0 Å². The minimum Gasteiger partial charge on any atom is -0.495 e. The van der Waals surface area contributed by atoms with Crippen molar-refractivity contribution in [1.82, 2.24) is 5.32 Å². The first-order chi connectivity index (χ1) is 8.29. The molecular weight excluding hydrogens is 216 g/mol. The first-order valence-corrected chi connectivity index (χ1v) is 6.00. The average molecular weight is 236 g/mol. The lowest BCUT2D eigenvalue weighted by molar-refractivity contribution is 0.0372. The van der Waals surface area contributed by atoms with Crippen LogP contribution in [-0.2, 0) is 4.74 Å². The van der Waals surface area contributed by atoms with Crippen LogP contribution < -0.4 is 15.4 Å². The number of nitrogens with one attached hydrogen (secondary N) is 2. The van der Waals surface area contributed by atoms with E-state index in [1.165, 1.54) is 5.56 Å². The highest BCUT2D eigenvalue weighted by Gasteiger charge is 2.13. The Morgan fingerprint density at radius 1 is 1.53 bits per heavy atom. The number of morpholine rings is 1. The molecule has 0 saturated carbocycles. The summed E-state index contributed by atoms with van der Waals surface area (Å²) in [7, 11) is 1.69. The minimum absolute atomic E-state index is 0.231. The molecule has 0 spiro atoms. The van der Waals surface area contributed by atoms with E-state index in [9.17, 15) is 0 Å². The minimum atomic E-state index is 0.231. The maximum absolute atomic E-state index is 5.64. The van der Waals surface area contributed by atoms with Crippen molar-refractivity contribution in [1.29, 1.82) is 0 Å². The fourth-order valence-corrected chi connectivity index (χ4v) is 1.93. The number of ether oxygens (including phenoxy) is 2. The zero-order valence-electron chi connectivity index (χ0n) is 10.5. The van der Waals surface area contributed by atoms with E-state index in [0.29, 0.717) is 0 Å². The fourth-order valence-electron chi connectivity index (χ4n) is 1.93. The van der Waals surface area contributed by atoms with Crippen LogP contribution in [0.3, 0.4) is 0 Å². The second-order valence-electron chi connectivity index (χ2n) is 4.28. The highest BCUT2D eigenvalue weighted by atomic mass is 16.5. The normalized spacial score (nSPS) is 20.0. The standard InChI is InChI=1S/C13H20N2O2/c1-10-3-4-13(16-2)12(7-10)15-9-11-8-14-5-6-17-11/h3-4,7,11,14-15H,5-6,8-9H2,1-2H3. The molecule has 1 heterocycles. The Kier molecular flexibility index (Phi) is 4.23. The van der Waals surface area contributed by atoms with E-state index in [-0.39, 0.29) is 6.10 Å². The largest absolute Gasteiger partial charge is 0.495 e. The summed E-state index contributed by atoms with van der Waals surface area (Å²) in [6.45, 7) is 5.51. The molecule has 0 amide bonds. The van der Waals surface area contributed by atoms with Gasteiger partial charge in [0, 0.05) is 19.6 Å². The first kappa shape index (κ1) is 12.2. The number of methoxy groups -OCH3 is 1. The van der Waals surface area contributed by atoms with Crippen molar-refractivity contribution in [2.45, 2.75) is 13.0 Å². The van der Waals surface area contributed by atoms with Gasteiger partial charge >= 0.3 is 0 Å². The van der Waals surface area contributed by atoms with E-state index in [2.05, 4.69) is 23.6 Å². The highest BCUT2D eigenvalue weighted by molar-refractivity contribution is 5.58. The van der Waals surface area contributed by atoms with Crippen molar-refractivity contribution in [3.05, 3.63) is 23.8 Å². The smallest absolute Gasteiger partial charge is 0.141 e. The summed E-state index contributed by atoms with van der Waals surface area (Å²) >= 11 is 0. The van der Waals surface area contributed by atoms with E-state index in [4.69, 9.17) is 9.47 Å². The molecule has 1 aromatic rings. The second-order valence-corrected chi connectivity index (χ2v) is 4.28. The first-order valence-electron chi connectivity index (χ1n) is 6.00. The van der Waals surface area contributed by atoms with Gasteiger partial charge in [0.1, 0.15) is 5.75 Å². The number of hydrogen-bond donors (Lipinski definition) is 2. The van der Waals surface area contributed by atoms with Gasteiger partial charge in [-0.15, -0.1) is 0 Å². The molecular formula is C13H20N2O2. The van der Waals surface area contributed by atoms with E-state index in [0.717, 1.165) is 37.7 Å². The molecule has 4 nitrogen and oxygen atoms in total. The van der Waals surface area contributed by atoms with E-state index in [1.54, 1.807) is 7.11 Å². The molecule has 1 fully saturated rings. The van der Waals surface area contributed by atoms with E-state index >= 15 is 0 Å². The number of hydrogen-bond acceptors (Lipinski definition) is 4. The Labute approximate surface area is 102 Å². The summed E-state index contributed by atoms with van der Waals surface area (Å²) in [6.07, 6.45) is 0.231. The lowest BCUT2D eigenvalue weighted by Gasteiger charge is -2.24. The Balaban J connectivity index is 1.95. The number of benzene rings is 1. The molecule has 0 radical (unpaired) electrons. The van der Waals surface area contributed by atoms with Gasteiger partial charge in [0.15, 0.2) is 0 Å². The number of anilines is 1. The van der Waals surface area contributed by atoms with Crippen LogP contribution in [0.25, 0.3) is 0 Å². The molecule has 17 heavy (non-hydrogen) atoms. The van der Waals surface area contributed by atoms with Gasteiger partial charge in [0.05, 0.1) is 25.5 Å². The molecule has 1 saturated heterocycles. The van der Waals surface area contributed by atoms with Crippen LogP contribution in [0.5, 0.6) is 5.75 Å². The van der Waals surface area contributed by atoms with Crippen LogP contribution in [0.2, 0.25) is 0 Å². The third-order valence-corrected chi connectivity index (χ3v) is 2.88. The Bertz CT molecular complexity index is 362. The van der Waals surface area contributed by atoms with Crippen LogP contribution in [0, 0.1) is 6.92 Å². The Hall–Kier alpha value is -1.26. The van der Waals surface area contributed by atoms with Gasteiger partial charge in [-0.3, -0.25) is 0 Å². The van der Waals surface area contributed by atoms with Gasteiger partial charge in [0.25, 0.3) is 0 Å². The summed E-state index contributed by atoms with van der Waals surface area (Å²) < 4.78 is 11.0. The fraction of sp³-hybridized carbons (Fsp3) is 0.538. The van der Waals surface area contributed by atoms with Crippen molar-refractivity contribution in [2.24, 2.45) is 0 Å². The molecule has 94 valence electrons. The van der Waals surface area contributed by atoms with Gasteiger partial charge in [-0.05, 0) is 24.6 Å². The summed E-state index contributed by atoms with van der Waals surface area (Å²) in [5, 5.41) is 6.70. The molecule has 4 heteroatoms. The lowest BCUT2D eigenvalue weighted by Crippen LogP contribution is -2.42. The summed E-state index contributed by atoms with van der Waals surface area (Å²) in [5.41, 5.74) is 2.25. The van der Waals surface area contributed by atoms with Crippen molar-refractivity contribution in [3.8, 4) is 5.75 Å². The number of aryl methyl sites for hydroxylation is 1. The predicted molar refractivity (Wildman–Crippen MR) is 68.8 cm³/mol. The van der Waals surface area contributed by atoms with Crippen LogP contribution in [-0.4, -0.2) is 39.5 Å². The van der Waals surface area contributed by atoms with E-state index < -0.39 is 0 Å². The summed E-state index contributed by atoms with van der Waals surface area (Å²) in [5.74, 6) is 0.874. The van der Waals surface area contributed by atoms with Gasteiger partial charge < -0.3 is 20.1 Å². The van der Waals surface area contributed by atoms with Gasteiger partial charge in [-0.2, -0.15) is 0 Å². The molecule has 1 aliphatic rings. The van der Waals surface area contributed by atoms with Crippen molar-refractivity contribution >= 4 is 5.69 Å². The zero-order valence-corrected chi connectivity index (χ0v) is 10.5. The third-order valence-electron chi connectivity index (χ3n) is 2.88. The summed E-state index contributed by atoms with van der Waals surface area (Å²) in [6, 6.07) is 6.12. The maximum atomic E-state index is 5.64. The van der Waals surface area contributed by atoms with E-state index in [1.807, 2.05) is 12.1 Å². The van der Waals surface area contributed by atoms with Gasteiger partial charge in [-0.1, -0.05) is 6.07 Å². The topological polar surface area (TPSA) is 42.5 Å². The average Bonchev–Trinajstić information content (AvgIpc) is 2.38. The molecule has 1 aliphatic heterocycles. The summed E-state index contributed by atoms with van der Waals surface area (Å²) in [4.78, 5) is 0. The molecule has 0 aromatic heterocycles. The van der Waals surface area contributed by atoms with Crippen LogP contribution in [0.1, 0.15) is 5.56 Å². The van der Waals surface area contributed by atoms with Crippen molar-refractivity contribution in [2.75, 3.05) is 38.7 Å². The maximum Gasteiger partial charge on any atom is 0.141 e. The van der Waals surface area contributed by atoms with Crippen LogP contribution >= 0.6 is 0 Å². The molecule has 1 aromatic carbocycles. The van der Waals surface area contributed by atoms with Crippen molar-refractivity contribution in [3.63, 3.8) is 0 Å². The Morgan fingerprint density at radius 3 is 3.12 bits per heavy atom. The SMILES string of the molecule is COc1ccc(C)cc1NCC1CNCCO1. The van der Waals surface area contributed by atoms with Gasteiger partial charge in [-0.25, -0.2) is 0 Å². The molecule has 2 N–H and O–H groups in total. The molecule has 1 atom stereocenters. The molecule has 1 unspecified atom stereocenters. The van der Waals surface area contributed by atoms with Crippen LogP contribution in [0.15, 0.2) is 18.2 Å². The molecule has 0 aliphatic carbocycles. The van der Waals surface area contributed by atoms with Crippen LogP contribution in [0.4, 0.5) is 5.69 Å². The third kappa shape index (κ3) is 3.35. The Morgan fingerprint density at radius 2 is 2.41 bits per heavy atom. The monoisotopic (exact) mass is 236 g/mol. The molecule has 0 bridgehead atoms. The quantitative estimate of drug-likeness (QED) is 0.829. The zero-order chi connectivity index (χ0) is 12.1.